The Morgan fingerprint density at radius 3 is 1.44 bits per heavy atom. The highest BCUT2D eigenvalue weighted by atomic mass is 15.0. The molecule has 0 spiro atoms. The van der Waals surface area contributed by atoms with Gasteiger partial charge in [0.1, 0.15) is 0 Å². The fraction of sp³-hybridized carbons (Fsp3) is 0.0833. The first-order chi connectivity index (χ1) is 19.0. The second-order valence-electron chi connectivity index (χ2n) is 9.09. The van der Waals surface area contributed by atoms with Crippen molar-refractivity contribution in [3.63, 3.8) is 0 Å². The van der Waals surface area contributed by atoms with E-state index in [4.69, 9.17) is 15.0 Å². The summed E-state index contributed by atoms with van der Waals surface area (Å²) in [6.45, 7) is 17.9. The van der Waals surface area contributed by atoms with Crippen LogP contribution in [0.2, 0.25) is 0 Å². The van der Waals surface area contributed by atoms with Gasteiger partial charge in [0.05, 0.1) is 0 Å². The van der Waals surface area contributed by atoms with Crippen LogP contribution in [0.1, 0.15) is 37.5 Å². The molecule has 0 bridgehead atoms. The molecule has 0 atom stereocenters. The van der Waals surface area contributed by atoms with Crippen LogP contribution in [0, 0.1) is 0 Å². The predicted molar refractivity (Wildman–Crippen MR) is 168 cm³/mol. The monoisotopic (exact) mass is 507 g/mol. The predicted octanol–water partition coefficient (Wildman–Crippen LogP) is 9.64. The van der Waals surface area contributed by atoms with Crippen molar-refractivity contribution < 1.29 is 0 Å². The summed E-state index contributed by atoms with van der Waals surface area (Å²) >= 11 is 0. The summed E-state index contributed by atoms with van der Waals surface area (Å²) in [7, 11) is 0. The molecule has 0 saturated carbocycles. The van der Waals surface area contributed by atoms with Crippen molar-refractivity contribution in [2.45, 2.75) is 20.8 Å². The molecule has 3 heteroatoms. The number of benzene rings is 3. The minimum atomic E-state index is 0.614. The molecule has 192 valence electrons. The molecule has 4 rings (SSSR count). The smallest absolute Gasteiger partial charge is 0.164 e. The first kappa shape index (κ1) is 27.2. The van der Waals surface area contributed by atoms with Crippen LogP contribution in [0.4, 0.5) is 0 Å². The van der Waals surface area contributed by atoms with Crippen LogP contribution in [-0.4, -0.2) is 15.0 Å². The van der Waals surface area contributed by atoms with Crippen LogP contribution in [0.5, 0.6) is 0 Å². The third kappa shape index (κ3) is 6.34. The van der Waals surface area contributed by atoms with Crippen molar-refractivity contribution in [2.24, 2.45) is 0 Å². The maximum Gasteiger partial charge on any atom is 0.164 e. The Morgan fingerprint density at radius 2 is 1.05 bits per heavy atom. The maximum atomic E-state index is 4.89. The Bertz CT molecular complexity index is 1580. The first-order valence-electron chi connectivity index (χ1n) is 13.0. The lowest BCUT2D eigenvalue weighted by atomic mass is 10.0. The highest BCUT2D eigenvalue weighted by Gasteiger charge is 2.13. The Morgan fingerprint density at radius 1 is 0.615 bits per heavy atom. The number of hydrogen-bond acceptors (Lipinski definition) is 3. The van der Waals surface area contributed by atoms with E-state index in [0.29, 0.717) is 17.5 Å². The highest BCUT2D eigenvalue weighted by molar-refractivity contribution is 5.76. The van der Waals surface area contributed by atoms with Gasteiger partial charge in [0.2, 0.25) is 0 Å². The van der Waals surface area contributed by atoms with Crippen molar-refractivity contribution in [1.82, 2.24) is 15.0 Å². The van der Waals surface area contributed by atoms with Gasteiger partial charge in [-0.25, -0.2) is 15.0 Å². The summed E-state index contributed by atoms with van der Waals surface area (Å²) in [5.74, 6) is 1.86. The Kier molecular flexibility index (Phi) is 8.75. The lowest BCUT2D eigenvalue weighted by molar-refractivity contribution is 1.07. The molecule has 0 aliphatic heterocycles. The molecular formula is C36H33N3. The van der Waals surface area contributed by atoms with Gasteiger partial charge in [-0.05, 0) is 54.2 Å². The van der Waals surface area contributed by atoms with Crippen molar-refractivity contribution in [2.75, 3.05) is 0 Å². The summed E-state index contributed by atoms with van der Waals surface area (Å²) in [5.41, 5.74) is 9.16. The van der Waals surface area contributed by atoms with Crippen LogP contribution in [0.3, 0.4) is 0 Å². The zero-order valence-electron chi connectivity index (χ0n) is 22.9. The van der Waals surface area contributed by atoms with E-state index in [1.54, 1.807) is 6.08 Å². The summed E-state index contributed by atoms with van der Waals surface area (Å²) in [4.78, 5) is 14.6. The second-order valence-corrected chi connectivity index (χ2v) is 9.09. The van der Waals surface area contributed by atoms with Gasteiger partial charge in [-0.2, -0.15) is 0 Å². The van der Waals surface area contributed by atoms with E-state index in [0.717, 1.165) is 44.5 Å². The van der Waals surface area contributed by atoms with E-state index in [1.807, 2.05) is 74.5 Å². The van der Waals surface area contributed by atoms with Gasteiger partial charge in [0, 0.05) is 16.7 Å². The summed E-state index contributed by atoms with van der Waals surface area (Å²) in [5, 5.41) is 0. The van der Waals surface area contributed by atoms with E-state index in [9.17, 15) is 0 Å². The minimum absolute atomic E-state index is 0.614. The second kappa shape index (κ2) is 12.6. The molecule has 3 nitrogen and oxygen atoms in total. The van der Waals surface area contributed by atoms with Crippen LogP contribution >= 0.6 is 0 Å². The summed E-state index contributed by atoms with van der Waals surface area (Å²) in [6.07, 6.45) is 11.8. The van der Waals surface area contributed by atoms with Crippen LogP contribution in [-0.2, 0) is 0 Å². The Labute approximate surface area is 232 Å². The minimum Gasteiger partial charge on any atom is -0.208 e. The lowest BCUT2D eigenvalue weighted by Crippen LogP contribution is -2.00. The molecule has 39 heavy (non-hydrogen) atoms. The third-order valence-electron chi connectivity index (χ3n) is 6.54. The Balaban J connectivity index is 1.80. The van der Waals surface area contributed by atoms with Gasteiger partial charge in [0.25, 0.3) is 0 Å². The van der Waals surface area contributed by atoms with Crippen molar-refractivity contribution in [3.8, 4) is 34.2 Å². The third-order valence-corrected chi connectivity index (χ3v) is 6.54. The molecule has 0 radical (unpaired) electrons. The van der Waals surface area contributed by atoms with E-state index in [2.05, 4.69) is 69.1 Å². The number of hydrogen-bond donors (Lipinski definition) is 0. The van der Waals surface area contributed by atoms with Crippen molar-refractivity contribution in [3.05, 3.63) is 146 Å². The van der Waals surface area contributed by atoms with E-state index in [-0.39, 0.29) is 0 Å². The molecule has 1 aromatic heterocycles. The summed E-state index contributed by atoms with van der Waals surface area (Å²) in [6, 6.07) is 24.6. The lowest BCUT2D eigenvalue weighted by Gasteiger charge is -2.10. The molecule has 0 aliphatic rings. The standard InChI is InChI=1S/C36H33N3/c1-7-11-12-26(6)29-15-21-32(22-16-29)35-37-34(31-19-13-28(14-20-31)25(5)8-2)38-36(39-35)33-23-17-30(18-24-33)27(9-3)10-4/h7-24H,2-3,5H2,1,4,6H3/b11-7-,26-12+,27-10+. The molecule has 0 saturated heterocycles. The zero-order chi connectivity index (χ0) is 27.8. The zero-order valence-corrected chi connectivity index (χ0v) is 22.9. The largest absolute Gasteiger partial charge is 0.208 e. The number of nitrogens with zero attached hydrogens (tertiary/aromatic N) is 3. The van der Waals surface area contributed by atoms with E-state index < -0.39 is 0 Å². The molecule has 0 N–H and O–H groups in total. The van der Waals surface area contributed by atoms with Crippen molar-refractivity contribution >= 4 is 16.7 Å². The highest BCUT2D eigenvalue weighted by Crippen LogP contribution is 2.28. The summed E-state index contributed by atoms with van der Waals surface area (Å²) < 4.78 is 0. The van der Waals surface area contributed by atoms with Gasteiger partial charge in [-0.1, -0.05) is 129 Å². The van der Waals surface area contributed by atoms with E-state index >= 15 is 0 Å². The molecule has 0 aliphatic carbocycles. The quantitative estimate of drug-likeness (QED) is 0.212. The molecule has 0 unspecified atom stereocenters. The molecule has 4 aromatic rings. The fourth-order valence-electron chi connectivity index (χ4n) is 4.15. The van der Waals surface area contributed by atoms with Gasteiger partial charge in [0.15, 0.2) is 17.5 Å². The van der Waals surface area contributed by atoms with Gasteiger partial charge < -0.3 is 0 Å². The maximum absolute atomic E-state index is 4.89. The van der Waals surface area contributed by atoms with Crippen LogP contribution < -0.4 is 0 Å². The van der Waals surface area contributed by atoms with Gasteiger partial charge in [-0.3, -0.25) is 0 Å². The number of aromatic nitrogens is 3. The normalized spacial score (nSPS) is 12.0. The van der Waals surface area contributed by atoms with Crippen LogP contribution in [0.15, 0.2) is 129 Å². The average molecular weight is 508 g/mol. The topological polar surface area (TPSA) is 38.7 Å². The number of rotatable bonds is 9. The van der Waals surface area contributed by atoms with Crippen LogP contribution in [0.25, 0.3) is 50.9 Å². The molecule has 3 aromatic carbocycles. The molecule has 0 amide bonds. The Hall–Kier alpha value is -4.89. The number of allylic oxidation sites excluding steroid dienone is 9. The molecule has 0 fully saturated rings. The van der Waals surface area contributed by atoms with Crippen molar-refractivity contribution in [1.29, 1.82) is 0 Å². The van der Waals surface area contributed by atoms with E-state index in [1.165, 1.54) is 5.57 Å². The van der Waals surface area contributed by atoms with Gasteiger partial charge in [-0.15, -0.1) is 0 Å². The fourth-order valence-corrected chi connectivity index (χ4v) is 4.15. The first-order valence-corrected chi connectivity index (χ1v) is 13.0. The SMILES string of the molecule is C=CC(=C)c1ccc(-c2nc(-c3ccc(/C(C)=C/C=C\C)cc3)nc(-c3ccc(/C(C=C)=C/C)cc3)n2)cc1. The average Bonchev–Trinajstić information content (AvgIpc) is 3.00. The molecule has 1 heterocycles. The van der Waals surface area contributed by atoms with Gasteiger partial charge >= 0.3 is 0 Å². The molecular weight excluding hydrogens is 474 g/mol.